The Morgan fingerprint density at radius 2 is 1.56 bits per heavy atom. The SMILES string of the molecule is CC(C)C[C@@](Cc1ccccc1)(NC(=O)c1ccc(NC(=O)OC(C)(C)C)cc1)C(=O)O. The molecule has 0 aliphatic rings. The van der Waals surface area contributed by atoms with Crippen LogP contribution < -0.4 is 10.6 Å². The minimum atomic E-state index is -1.44. The third-order valence-corrected chi connectivity index (χ3v) is 4.66. The van der Waals surface area contributed by atoms with Gasteiger partial charge < -0.3 is 15.2 Å². The van der Waals surface area contributed by atoms with E-state index in [1.54, 1.807) is 32.9 Å². The van der Waals surface area contributed by atoms with E-state index in [-0.39, 0.29) is 18.8 Å². The van der Waals surface area contributed by atoms with Gasteiger partial charge in [0.15, 0.2) is 0 Å². The van der Waals surface area contributed by atoms with Crippen molar-refractivity contribution >= 4 is 23.7 Å². The van der Waals surface area contributed by atoms with Gasteiger partial charge in [-0.15, -0.1) is 0 Å². The molecular formula is C25H32N2O5. The minimum Gasteiger partial charge on any atom is -0.479 e. The highest BCUT2D eigenvalue weighted by atomic mass is 16.6. The van der Waals surface area contributed by atoms with Gasteiger partial charge in [0.25, 0.3) is 5.91 Å². The first-order chi connectivity index (χ1) is 14.9. The summed E-state index contributed by atoms with van der Waals surface area (Å²) in [6.07, 6.45) is -0.147. The first-order valence-corrected chi connectivity index (χ1v) is 10.6. The van der Waals surface area contributed by atoms with Crippen molar-refractivity contribution in [3.8, 4) is 0 Å². The highest BCUT2D eigenvalue weighted by molar-refractivity contribution is 5.98. The largest absolute Gasteiger partial charge is 0.479 e. The molecule has 7 nitrogen and oxygen atoms in total. The standard InChI is InChI=1S/C25H32N2O5/c1-17(2)15-25(22(29)30,16-18-9-7-6-8-10-18)27-21(28)19-11-13-20(14-12-19)26-23(31)32-24(3,4)5/h6-14,17H,15-16H2,1-5H3,(H,26,31)(H,27,28)(H,29,30)/t25-/m0/s1. The summed E-state index contributed by atoms with van der Waals surface area (Å²) in [6.45, 7) is 9.14. The summed E-state index contributed by atoms with van der Waals surface area (Å²) >= 11 is 0. The van der Waals surface area contributed by atoms with Gasteiger partial charge in [-0.1, -0.05) is 44.2 Å². The number of carbonyl (C=O) groups excluding carboxylic acids is 2. The summed E-state index contributed by atoms with van der Waals surface area (Å²) in [5.74, 6) is -1.52. The molecule has 0 heterocycles. The lowest BCUT2D eigenvalue weighted by atomic mass is 9.83. The number of benzene rings is 2. The second-order valence-electron chi connectivity index (χ2n) is 9.31. The maximum absolute atomic E-state index is 13.0. The van der Waals surface area contributed by atoms with E-state index < -0.39 is 29.1 Å². The number of hydrogen-bond acceptors (Lipinski definition) is 4. The summed E-state index contributed by atoms with van der Waals surface area (Å²) < 4.78 is 5.21. The monoisotopic (exact) mass is 440 g/mol. The van der Waals surface area contributed by atoms with Crippen LogP contribution in [0.3, 0.4) is 0 Å². The average molecular weight is 441 g/mol. The normalized spacial score (nSPS) is 13.2. The van der Waals surface area contributed by atoms with E-state index in [4.69, 9.17) is 4.74 Å². The number of anilines is 1. The predicted molar refractivity (Wildman–Crippen MR) is 124 cm³/mol. The van der Waals surface area contributed by atoms with Crippen LogP contribution in [0.25, 0.3) is 0 Å². The number of ether oxygens (including phenoxy) is 1. The van der Waals surface area contributed by atoms with Crippen LogP contribution in [0.5, 0.6) is 0 Å². The van der Waals surface area contributed by atoms with Gasteiger partial charge in [0, 0.05) is 17.7 Å². The fourth-order valence-electron chi connectivity index (χ4n) is 3.44. The molecule has 0 unspecified atom stereocenters. The lowest BCUT2D eigenvalue weighted by Crippen LogP contribution is -2.57. The second-order valence-corrected chi connectivity index (χ2v) is 9.31. The molecule has 2 amide bonds. The number of amides is 2. The Morgan fingerprint density at radius 1 is 0.969 bits per heavy atom. The first-order valence-electron chi connectivity index (χ1n) is 10.6. The number of carboxylic acid groups (broad SMARTS) is 1. The Labute approximate surface area is 189 Å². The van der Waals surface area contributed by atoms with Gasteiger partial charge in [-0.2, -0.15) is 0 Å². The molecule has 0 aliphatic heterocycles. The van der Waals surface area contributed by atoms with Crippen molar-refractivity contribution in [1.29, 1.82) is 0 Å². The Hall–Kier alpha value is -3.35. The average Bonchev–Trinajstić information content (AvgIpc) is 2.67. The molecule has 7 heteroatoms. The third-order valence-electron chi connectivity index (χ3n) is 4.66. The molecule has 0 aromatic heterocycles. The highest BCUT2D eigenvalue weighted by Gasteiger charge is 2.41. The third kappa shape index (κ3) is 7.41. The van der Waals surface area contributed by atoms with Crippen LogP contribution in [0.15, 0.2) is 54.6 Å². The number of aliphatic carboxylic acids is 1. The number of carboxylic acids is 1. The molecule has 32 heavy (non-hydrogen) atoms. The van der Waals surface area contributed by atoms with Gasteiger partial charge in [0.2, 0.25) is 0 Å². The maximum atomic E-state index is 13.0. The van der Waals surface area contributed by atoms with Crippen molar-refractivity contribution in [2.45, 2.75) is 58.6 Å². The van der Waals surface area contributed by atoms with E-state index in [9.17, 15) is 19.5 Å². The summed E-state index contributed by atoms with van der Waals surface area (Å²) in [5.41, 5.74) is -0.485. The second kappa shape index (κ2) is 10.3. The van der Waals surface area contributed by atoms with E-state index >= 15 is 0 Å². The van der Waals surface area contributed by atoms with Crippen molar-refractivity contribution in [3.05, 3.63) is 65.7 Å². The lowest BCUT2D eigenvalue weighted by Gasteiger charge is -2.32. The molecular weight excluding hydrogens is 408 g/mol. The van der Waals surface area contributed by atoms with Crippen molar-refractivity contribution < 1.29 is 24.2 Å². The van der Waals surface area contributed by atoms with Crippen molar-refractivity contribution in [2.75, 3.05) is 5.32 Å². The number of nitrogens with one attached hydrogen (secondary N) is 2. The zero-order valence-corrected chi connectivity index (χ0v) is 19.3. The van der Waals surface area contributed by atoms with E-state index in [1.165, 1.54) is 12.1 Å². The first kappa shape index (κ1) is 24.9. The van der Waals surface area contributed by atoms with Crippen molar-refractivity contribution in [2.24, 2.45) is 5.92 Å². The number of rotatable bonds is 8. The Morgan fingerprint density at radius 3 is 2.06 bits per heavy atom. The lowest BCUT2D eigenvalue weighted by molar-refractivity contribution is -0.145. The van der Waals surface area contributed by atoms with Gasteiger partial charge in [-0.05, 0) is 62.9 Å². The van der Waals surface area contributed by atoms with Crippen LogP contribution >= 0.6 is 0 Å². The molecule has 0 spiro atoms. The van der Waals surface area contributed by atoms with Crippen molar-refractivity contribution in [1.82, 2.24) is 5.32 Å². The molecule has 0 saturated carbocycles. The van der Waals surface area contributed by atoms with Crippen LogP contribution in [0.4, 0.5) is 10.5 Å². The van der Waals surface area contributed by atoms with Crippen LogP contribution in [0.1, 0.15) is 57.0 Å². The number of hydrogen-bond donors (Lipinski definition) is 3. The zero-order chi connectivity index (χ0) is 23.9. The molecule has 2 rings (SSSR count). The smallest absolute Gasteiger partial charge is 0.412 e. The van der Waals surface area contributed by atoms with E-state index in [0.717, 1.165) is 5.56 Å². The van der Waals surface area contributed by atoms with Crippen LogP contribution in [-0.4, -0.2) is 34.2 Å². The molecule has 0 bridgehead atoms. The van der Waals surface area contributed by atoms with Gasteiger partial charge in [0.05, 0.1) is 0 Å². The van der Waals surface area contributed by atoms with Gasteiger partial charge >= 0.3 is 12.1 Å². The maximum Gasteiger partial charge on any atom is 0.412 e. The predicted octanol–water partition coefficient (Wildman–Crippen LogP) is 4.88. The minimum absolute atomic E-state index is 0.0514. The van der Waals surface area contributed by atoms with Gasteiger partial charge in [0.1, 0.15) is 11.1 Å². The van der Waals surface area contributed by atoms with Gasteiger partial charge in [-0.3, -0.25) is 10.1 Å². The molecule has 3 N–H and O–H groups in total. The zero-order valence-electron chi connectivity index (χ0n) is 19.3. The molecule has 172 valence electrons. The summed E-state index contributed by atoms with van der Waals surface area (Å²) in [5, 5.41) is 15.5. The summed E-state index contributed by atoms with van der Waals surface area (Å²) in [4.78, 5) is 37.2. The van der Waals surface area contributed by atoms with E-state index in [2.05, 4.69) is 10.6 Å². The Bertz CT molecular complexity index is 933. The quantitative estimate of drug-likeness (QED) is 0.543. The highest BCUT2D eigenvalue weighted by Crippen LogP contribution is 2.24. The Balaban J connectivity index is 2.19. The van der Waals surface area contributed by atoms with Crippen LogP contribution in [0, 0.1) is 5.92 Å². The molecule has 2 aromatic rings. The molecule has 2 aromatic carbocycles. The molecule has 0 fully saturated rings. The number of carbonyl (C=O) groups is 3. The topological polar surface area (TPSA) is 105 Å². The molecule has 0 saturated heterocycles. The van der Waals surface area contributed by atoms with Crippen molar-refractivity contribution in [3.63, 3.8) is 0 Å². The van der Waals surface area contributed by atoms with Crippen LogP contribution in [0.2, 0.25) is 0 Å². The fourth-order valence-corrected chi connectivity index (χ4v) is 3.44. The van der Waals surface area contributed by atoms with Gasteiger partial charge in [-0.25, -0.2) is 9.59 Å². The van der Waals surface area contributed by atoms with Crippen LogP contribution in [-0.2, 0) is 16.0 Å². The Kier molecular flexibility index (Phi) is 8.02. The molecule has 0 radical (unpaired) electrons. The van der Waals surface area contributed by atoms with E-state index in [0.29, 0.717) is 11.3 Å². The summed E-state index contributed by atoms with van der Waals surface area (Å²) in [7, 11) is 0. The molecule has 1 atom stereocenters. The van der Waals surface area contributed by atoms with E-state index in [1.807, 2.05) is 44.2 Å². The summed E-state index contributed by atoms with van der Waals surface area (Å²) in [6, 6.07) is 15.5. The fraction of sp³-hybridized carbons (Fsp3) is 0.400. The molecule has 0 aliphatic carbocycles.